The molecule has 0 aromatic carbocycles. The molecule has 1 spiro atoms. The number of hydrogen-bond acceptors (Lipinski definition) is 4. The minimum absolute atomic E-state index is 0.0156. The second-order valence-electron chi connectivity index (χ2n) is 12.3. The van der Waals surface area contributed by atoms with Crippen LogP contribution in [0.1, 0.15) is 98.3 Å². The van der Waals surface area contributed by atoms with Gasteiger partial charge in [0.05, 0.1) is 5.25 Å². The van der Waals surface area contributed by atoms with Gasteiger partial charge >= 0.3 is 5.97 Å². The van der Waals surface area contributed by atoms with Gasteiger partial charge in [-0.25, -0.2) is 13.1 Å². The summed E-state index contributed by atoms with van der Waals surface area (Å²) in [5, 5.41) is -0.369. The maximum absolute atomic E-state index is 12.4. The van der Waals surface area contributed by atoms with Crippen LogP contribution in [0.15, 0.2) is 0 Å². The lowest BCUT2D eigenvalue weighted by atomic mass is 9.44. The Balaban J connectivity index is 1.33. The molecule has 5 rings (SSSR count). The van der Waals surface area contributed by atoms with Crippen molar-refractivity contribution in [3.05, 3.63) is 0 Å². The molecule has 4 aliphatic carbocycles. The summed E-state index contributed by atoms with van der Waals surface area (Å²) in [6, 6.07) is 0.100. The van der Waals surface area contributed by atoms with Gasteiger partial charge < -0.3 is 4.74 Å². The highest BCUT2D eigenvalue weighted by Gasteiger charge is 2.67. The van der Waals surface area contributed by atoms with Crippen LogP contribution in [0, 0.1) is 34.5 Å². The molecule has 5 aliphatic rings. The molecule has 0 radical (unpaired) electrons. The smallest absolute Gasteiger partial charge is 0.306 e. The Kier molecular flexibility index (Phi) is 5.14. The van der Waals surface area contributed by atoms with E-state index >= 15 is 0 Å². The van der Waals surface area contributed by atoms with Crippen LogP contribution in [0.2, 0.25) is 0 Å². The Bertz CT molecular complexity index is 856. The predicted octanol–water partition coefficient (Wildman–Crippen LogP) is 4.80. The van der Waals surface area contributed by atoms with Crippen LogP contribution < -0.4 is 4.72 Å². The first-order chi connectivity index (χ1) is 14.5. The molecule has 176 valence electrons. The minimum Gasteiger partial charge on any atom is -0.458 e. The Morgan fingerprint density at radius 1 is 0.968 bits per heavy atom. The van der Waals surface area contributed by atoms with Gasteiger partial charge in [-0.2, -0.15) is 0 Å². The largest absolute Gasteiger partial charge is 0.458 e. The summed E-state index contributed by atoms with van der Waals surface area (Å²) in [6.07, 6.45) is 11.8. The van der Waals surface area contributed by atoms with Crippen molar-refractivity contribution >= 4 is 16.0 Å². The lowest BCUT2D eigenvalue weighted by Crippen LogP contribution is -2.57. The molecule has 6 heteroatoms. The monoisotopic (exact) mass is 451 g/mol. The molecular formula is C25H41NO4S. The number of sulfonamides is 1. The minimum atomic E-state index is -3.21. The van der Waals surface area contributed by atoms with E-state index in [-0.39, 0.29) is 28.3 Å². The maximum Gasteiger partial charge on any atom is 0.306 e. The van der Waals surface area contributed by atoms with E-state index in [1.54, 1.807) is 13.8 Å². The average molecular weight is 452 g/mol. The number of hydrogen-bond donors (Lipinski definition) is 1. The van der Waals surface area contributed by atoms with Gasteiger partial charge in [-0.05, 0) is 107 Å². The van der Waals surface area contributed by atoms with Crippen LogP contribution in [0.3, 0.4) is 0 Å². The lowest BCUT2D eigenvalue weighted by molar-refractivity contribution is -0.174. The van der Waals surface area contributed by atoms with Crippen LogP contribution >= 0.6 is 0 Å². The molecule has 4 saturated carbocycles. The topological polar surface area (TPSA) is 72.5 Å². The number of ether oxygens (including phenoxy) is 1. The Hall–Kier alpha value is -0.620. The Labute approximate surface area is 188 Å². The third-order valence-corrected chi connectivity index (χ3v) is 12.9. The van der Waals surface area contributed by atoms with E-state index in [1.807, 2.05) is 0 Å². The predicted molar refractivity (Wildman–Crippen MR) is 121 cm³/mol. The second kappa shape index (κ2) is 7.19. The number of nitrogens with one attached hydrogen (secondary N) is 1. The van der Waals surface area contributed by atoms with Gasteiger partial charge in [-0.3, -0.25) is 4.79 Å². The van der Waals surface area contributed by atoms with Crippen LogP contribution in [0.5, 0.6) is 0 Å². The summed E-state index contributed by atoms with van der Waals surface area (Å²) in [7, 11) is -3.21. The molecule has 1 saturated heterocycles. The third kappa shape index (κ3) is 3.17. The van der Waals surface area contributed by atoms with E-state index in [4.69, 9.17) is 4.74 Å². The summed E-state index contributed by atoms with van der Waals surface area (Å²) < 4.78 is 33.9. The summed E-state index contributed by atoms with van der Waals surface area (Å²) in [4.78, 5) is 12.0. The molecule has 1 aliphatic heterocycles. The summed E-state index contributed by atoms with van der Waals surface area (Å²) in [5.74, 6) is 2.78. The van der Waals surface area contributed by atoms with Gasteiger partial charge in [0.1, 0.15) is 5.60 Å². The van der Waals surface area contributed by atoms with Crippen molar-refractivity contribution in [1.82, 2.24) is 4.72 Å². The Morgan fingerprint density at radius 2 is 1.71 bits per heavy atom. The second-order valence-corrected chi connectivity index (χ2v) is 14.6. The van der Waals surface area contributed by atoms with E-state index in [0.717, 1.165) is 43.9 Å². The number of rotatable bonds is 3. The zero-order valence-corrected chi connectivity index (χ0v) is 20.6. The fourth-order valence-electron chi connectivity index (χ4n) is 9.03. The molecular weight excluding hydrogens is 410 g/mol. The van der Waals surface area contributed by atoms with Crippen molar-refractivity contribution in [2.45, 2.75) is 115 Å². The summed E-state index contributed by atoms with van der Waals surface area (Å²) >= 11 is 0. The van der Waals surface area contributed by atoms with Gasteiger partial charge in [-0.1, -0.05) is 13.8 Å². The molecule has 0 aromatic rings. The normalized spacial score (nSPS) is 49.6. The van der Waals surface area contributed by atoms with Crippen LogP contribution in [-0.4, -0.2) is 31.3 Å². The standard InChI is InChI=1S/C25H41NO4S/c1-16(2)31(28,29)26-18-7-11-23(3)17(15-18)5-6-19-20(23)8-12-24(4)21(19)9-13-25(24)14-10-22(27)30-25/h16-21,26H,5-15H2,1-4H3/t17-,18+,19-,20+,21+,23+,24+,25-/m1/s1. The fraction of sp³-hybridized carbons (Fsp3) is 0.960. The molecule has 0 aromatic heterocycles. The van der Waals surface area contributed by atoms with Crippen molar-refractivity contribution in [2.24, 2.45) is 34.5 Å². The molecule has 31 heavy (non-hydrogen) atoms. The maximum atomic E-state index is 12.4. The van der Waals surface area contributed by atoms with E-state index in [2.05, 4.69) is 18.6 Å². The SMILES string of the molecule is CC(C)S(=O)(=O)N[C@H]1CC[C@@]2(C)[C@H](CC[C@@H]3[C@@H]2CC[C@@]2(C)[C@H]3CC[C@@]23CCC(=O)O3)C1. The highest BCUT2D eigenvalue weighted by atomic mass is 32.2. The van der Waals surface area contributed by atoms with Crippen molar-refractivity contribution in [3.63, 3.8) is 0 Å². The molecule has 0 amide bonds. The number of carbonyl (C=O) groups is 1. The van der Waals surface area contributed by atoms with Crippen LogP contribution in [0.25, 0.3) is 0 Å². The third-order valence-electron chi connectivity index (χ3n) is 10.9. The highest BCUT2D eigenvalue weighted by molar-refractivity contribution is 7.90. The van der Waals surface area contributed by atoms with Crippen molar-refractivity contribution < 1.29 is 17.9 Å². The molecule has 1 N–H and O–H groups in total. The van der Waals surface area contributed by atoms with Gasteiger partial charge in [-0.15, -0.1) is 0 Å². The molecule has 0 unspecified atom stereocenters. The van der Waals surface area contributed by atoms with Gasteiger partial charge in [0.15, 0.2) is 0 Å². The highest BCUT2D eigenvalue weighted by Crippen LogP contribution is 2.70. The first-order valence-electron chi connectivity index (χ1n) is 12.7. The molecule has 8 atom stereocenters. The van der Waals surface area contributed by atoms with Crippen LogP contribution in [0.4, 0.5) is 0 Å². The van der Waals surface area contributed by atoms with Gasteiger partial charge in [0.2, 0.25) is 10.0 Å². The zero-order valence-electron chi connectivity index (χ0n) is 19.8. The van der Waals surface area contributed by atoms with Crippen LogP contribution in [-0.2, 0) is 19.6 Å². The van der Waals surface area contributed by atoms with E-state index in [1.165, 1.54) is 32.1 Å². The first kappa shape index (κ1) is 22.2. The van der Waals surface area contributed by atoms with Gasteiger partial charge in [0, 0.05) is 17.9 Å². The van der Waals surface area contributed by atoms with Crippen molar-refractivity contribution in [3.8, 4) is 0 Å². The number of fused-ring (bicyclic) bond motifs is 6. The summed E-state index contributed by atoms with van der Waals surface area (Å²) in [5.41, 5.74) is 0.282. The molecule has 5 fully saturated rings. The van der Waals surface area contributed by atoms with Crippen molar-refractivity contribution in [1.29, 1.82) is 0 Å². The average Bonchev–Trinajstić information content (AvgIpc) is 3.22. The molecule has 0 bridgehead atoms. The van der Waals surface area contributed by atoms with E-state index in [9.17, 15) is 13.2 Å². The number of carbonyl (C=O) groups excluding carboxylic acids is 1. The van der Waals surface area contributed by atoms with Gasteiger partial charge in [0.25, 0.3) is 0 Å². The fourth-order valence-corrected chi connectivity index (χ4v) is 9.98. The lowest BCUT2D eigenvalue weighted by Gasteiger charge is -2.61. The van der Waals surface area contributed by atoms with E-state index in [0.29, 0.717) is 23.7 Å². The quantitative estimate of drug-likeness (QED) is 0.626. The number of esters is 1. The first-order valence-corrected chi connectivity index (χ1v) is 14.3. The zero-order chi connectivity index (χ0) is 22.2. The summed E-state index contributed by atoms with van der Waals surface area (Å²) in [6.45, 7) is 8.47. The Morgan fingerprint density at radius 3 is 2.39 bits per heavy atom. The van der Waals surface area contributed by atoms with Crippen molar-refractivity contribution in [2.75, 3.05) is 0 Å². The molecule has 5 nitrogen and oxygen atoms in total. The molecule has 1 heterocycles. The van der Waals surface area contributed by atoms with E-state index < -0.39 is 10.0 Å².